The third kappa shape index (κ3) is 5.90. The van der Waals surface area contributed by atoms with Crippen molar-refractivity contribution in [1.29, 1.82) is 5.41 Å². The van der Waals surface area contributed by atoms with Crippen LogP contribution in [-0.4, -0.2) is 12.1 Å². The summed E-state index contributed by atoms with van der Waals surface area (Å²) >= 11 is 0. The van der Waals surface area contributed by atoms with Crippen LogP contribution in [0.5, 0.6) is 0 Å². The minimum absolute atomic E-state index is 0.160. The molecule has 0 aliphatic carbocycles. The van der Waals surface area contributed by atoms with E-state index in [1.807, 2.05) is 0 Å². The van der Waals surface area contributed by atoms with Gasteiger partial charge in [-0.25, -0.2) is 17.6 Å². The highest BCUT2D eigenvalue weighted by Crippen LogP contribution is 2.34. The number of benzene rings is 2. The van der Waals surface area contributed by atoms with Gasteiger partial charge in [-0.2, -0.15) is 0 Å². The van der Waals surface area contributed by atoms with Gasteiger partial charge in [-0.3, -0.25) is 4.79 Å². The first kappa shape index (κ1) is 24.1. The number of halogens is 4. The number of allylic oxidation sites excluding steroid dienone is 3. The van der Waals surface area contributed by atoms with Crippen molar-refractivity contribution in [1.82, 2.24) is 5.32 Å². The molecule has 2 rings (SSSR count). The van der Waals surface area contributed by atoms with Gasteiger partial charge >= 0.3 is 0 Å². The van der Waals surface area contributed by atoms with Crippen molar-refractivity contribution in [2.24, 2.45) is 5.92 Å². The number of amides is 1. The molecule has 0 aliphatic rings. The molecule has 0 saturated heterocycles. The lowest BCUT2D eigenvalue weighted by atomic mass is 9.81. The van der Waals surface area contributed by atoms with Crippen LogP contribution in [0.1, 0.15) is 44.2 Å². The van der Waals surface area contributed by atoms with E-state index in [2.05, 4.69) is 5.32 Å². The fraction of sp³-hybridized carbons (Fsp3) is 0.250. The Morgan fingerprint density at radius 1 is 1.03 bits per heavy atom. The van der Waals surface area contributed by atoms with Gasteiger partial charge in [0.2, 0.25) is 5.91 Å². The summed E-state index contributed by atoms with van der Waals surface area (Å²) in [6.07, 6.45) is 2.32. The molecule has 0 heterocycles. The van der Waals surface area contributed by atoms with E-state index in [0.717, 1.165) is 18.2 Å². The van der Waals surface area contributed by atoms with Gasteiger partial charge in [0.05, 0.1) is 6.21 Å². The van der Waals surface area contributed by atoms with E-state index >= 15 is 0 Å². The Morgan fingerprint density at radius 3 is 2.10 bits per heavy atom. The molecule has 2 atom stereocenters. The molecule has 164 valence electrons. The number of hydrogen-bond acceptors (Lipinski definition) is 2. The second kappa shape index (κ2) is 10.7. The van der Waals surface area contributed by atoms with Gasteiger partial charge in [0.15, 0.2) is 0 Å². The topological polar surface area (TPSA) is 53.0 Å². The zero-order valence-electron chi connectivity index (χ0n) is 17.5. The van der Waals surface area contributed by atoms with Crippen molar-refractivity contribution in [3.05, 3.63) is 94.2 Å². The maximum absolute atomic E-state index is 14.0. The summed E-state index contributed by atoms with van der Waals surface area (Å²) in [5.74, 6) is -5.00. The Hall–Kier alpha value is -3.22. The average Bonchev–Trinajstić information content (AvgIpc) is 2.73. The van der Waals surface area contributed by atoms with Crippen LogP contribution in [0.3, 0.4) is 0 Å². The predicted octanol–water partition coefficient (Wildman–Crippen LogP) is 6.18. The third-order valence-electron chi connectivity index (χ3n) is 5.03. The fourth-order valence-electron chi connectivity index (χ4n) is 3.49. The maximum atomic E-state index is 14.0. The van der Waals surface area contributed by atoms with Gasteiger partial charge in [-0.1, -0.05) is 32.1 Å². The van der Waals surface area contributed by atoms with Gasteiger partial charge in [-0.05, 0) is 48.7 Å². The van der Waals surface area contributed by atoms with Gasteiger partial charge in [0.25, 0.3) is 0 Å². The van der Waals surface area contributed by atoms with E-state index in [-0.39, 0.29) is 23.3 Å². The van der Waals surface area contributed by atoms with E-state index in [9.17, 15) is 22.4 Å². The van der Waals surface area contributed by atoms with Crippen molar-refractivity contribution in [3.63, 3.8) is 0 Å². The van der Waals surface area contributed by atoms with Crippen molar-refractivity contribution in [2.45, 2.75) is 33.1 Å². The smallest absolute Gasteiger partial charge is 0.228 e. The molecule has 2 aromatic rings. The molecule has 31 heavy (non-hydrogen) atoms. The molecule has 0 aromatic heterocycles. The number of nitrogens with one attached hydrogen (secondary N) is 2. The normalized spacial score (nSPS) is 14.5. The monoisotopic (exact) mass is 432 g/mol. The summed E-state index contributed by atoms with van der Waals surface area (Å²) in [5, 5.41) is 9.78. The van der Waals surface area contributed by atoms with Crippen molar-refractivity contribution >= 4 is 12.1 Å². The predicted molar refractivity (Wildman–Crippen MR) is 113 cm³/mol. The standard InChI is InChI=1S/C24H24F4N2O/c1-4-20(21(28)13-29)22(5-2)30-24(31)14(3)23(15-6-8-17(25)9-7-15)16-10-18(26)12-19(27)11-16/h5-14,23,29H,4H2,1-3H3,(H,30,31)/b21-20+,22-5+,29-13?/t14-,23-/m0/s1. The lowest BCUT2D eigenvalue weighted by Crippen LogP contribution is -2.33. The zero-order valence-corrected chi connectivity index (χ0v) is 17.5. The molecule has 0 unspecified atom stereocenters. The summed E-state index contributed by atoms with van der Waals surface area (Å²) < 4.78 is 55.3. The van der Waals surface area contributed by atoms with Crippen molar-refractivity contribution in [3.8, 4) is 0 Å². The summed E-state index contributed by atoms with van der Waals surface area (Å²) in [6, 6.07) is 8.30. The molecule has 0 fully saturated rings. The van der Waals surface area contributed by atoms with Crippen LogP contribution in [0, 0.1) is 28.8 Å². The van der Waals surface area contributed by atoms with Gasteiger partial charge < -0.3 is 10.7 Å². The molecule has 0 bridgehead atoms. The van der Waals surface area contributed by atoms with E-state index in [1.54, 1.807) is 20.8 Å². The Balaban J connectivity index is 2.47. The first-order valence-electron chi connectivity index (χ1n) is 9.79. The minimum Gasteiger partial charge on any atom is -0.326 e. The van der Waals surface area contributed by atoms with Crippen LogP contribution in [0.4, 0.5) is 17.6 Å². The Labute approximate surface area is 179 Å². The van der Waals surface area contributed by atoms with Crippen LogP contribution in [0.25, 0.3) is 0 Å². The molecule has 3 nitrogen and oxygen atoms in total. The first-order chi connectivity index (χ1) is 14.7. The first-order valence-corrected chi connectivity index (χ1v) is 9.79. The average molecular weight is 432 g/mol. The summed E-state index contributed by atoms with van der Waals surface area (Å²) in [7, 11) is 0. The summed E-state index contributed by atoms with van der Waals surface area (Å²) in [4.78, 5) is 13.1. The van der Waals surface area contributed by atoms with Crippen LogP contribution < -0.4 is 5.32 Å². The highest BCUT2D eigenvalue weighted by atomic mass is 19.1. The van der Waals surface area contributed by atoms with E-state index in [0.29, 0.717) is 11.8 Å². The number of carbonyl (C=O) groups is 1. The zero-order chi connectivity index (χ0) is 23.1. The molecule has 0 aliphatic heterocycles. The SMILES string of the molecule is C/C=C(NC(=O)[C@@H](C)[C@@H](c1ccc(F)cc1)c1cc(F)cc(F)c1)\C(CC)=C(\F)C=N. The highest BCUT2D eigenvalue weighted by molar-refractivity contribution is 5.83. The quantitative estimate of drug-likeness (QED) is 0.292. The Bertz CT molecular complexity index is 992. The number of hydrogen-bond donors (Lipinski definition) is 2. The van der Waals surface area contributed by atoms with Gasteiger partial charge in [0, 0.05) is 29.2 Å². The number of rotatable bonds is 8. The molecule has 7 heteroatoms. The van der Waals surface area contributed by atoms with E-state index in [4.69, 9.17) is 5.41 Å². The fourth-order valence-corrected chi connectivity index (χ4v) is 3.49. The second-order valence-electron chi connectivity index (χ2n) is 7.04. The van der Waals surface area contributed by atoms with E-state index in [1.165, 1.54) is 30.3 Å². The van der Waals surface area contributed by atoms with Crippen LogP contribution in [0.15, 0.2) is 65.6 Å². The minimum atomic E-state index is -0.845. The molecular weight excluding hydrogens is 408 g/mol. The van der Waals surface area contributed by atoms with Gasteiger partial charge in [-0.15, -0.1) is 0 Å². The van der Waals surface area contributed by atoms with Crippen molar-refractivity contribution in [2.75, 3.05) is 0 Å². The molecule has 1 amide bonds. The Morgan fingerprint density at radius 2 is 1.61 bits per heavy atom. The summed E-state index contributed by atoms with van der Waals surface area (Å²) in [5.41, 5.74) is 1.08. The molecular formula is C24H24F4N2O. The lowest BCUT2D eigenvalue weighted by Gasteiger charge is -2.25. The molecule has 0 spiro atoms. The second-order valence-corrected chi connectivity index (χ2v) is 7.04. The number of carbonyl (C=O) groups excluding carboxylic acids is 1. The van der Waals surface area contributed by atoms with Crippen LogP contribution in [0.2, 0.25) is 0 Å². The molecule has 2 N–H and O–H groups in total. The van der Waals surface area contributed by atoms with Gasteiger partial charge in [0.1, 0.15) is 23.3 Å². The highest BCUT2D eigenvalue weighted by Gasteiger charge is 2.29. The third-order valence-corrected chi connectivity index (χ3v) is 5.03. The Kier molecular flexibility index (Phi) is 8.30. The van der Waals surface area contributed by atoms with Crippen LogP contribution >= 0.6 is 0 Å². The summed E-state index contributed by atoms with van der Waals surface area (Å²) in [6.45, 7) is 4.88. The molecule has 0 saturated carbocycles. The maximum Gasteiger partial charge on any atom is 0.228 e. The molecule has 0 radical (unpaired) electrons. The molecule has 2 aromatic carbocycles. The van der Waals surface area contributed by atoms with E-state index < -0.39 is 41.0 Å². The largest absolute Gasteiger partial charge is 0.326 e. The van der Waals surface area contributed by atoms with Crippen molar-refractivity contribution < 1.29 is 22.4 Å². The lowest BCUT2D eigenvalue weighted by molar-refractivity contribution is -0.124. The van der Waals surface area contributed by atoms with Crippen LogP contribution in [-0.2, 0) is 4.79 Å².